The molecule has 1 amide bonds. The van der Waals surface area contributed by atoms with Crippen molar-refractivity contribution in [2.24, 2.45) is 0 Å². The van der Waals surface area contributed by atoms with E-state index in [1.165, 1.54) is 0 Å². The van der Waals surface area contributed by atoms with E-state index in [2.05, 4.69) is 15.5 Å². The van der Waals surface area contributed by atoms with Crippen LogP contribution in [-0.2, 0) is 16.0 Å². The summed E-state index contributed by atoms with van der Waals surface area (Å²) in [5.41, 5.74) is 0.793. The van der Waals surface area contributed by atoms with E-state index in [4.69, 9.17) is 21.2 Å². The van der Waals surface area contributed by atoms with Gasteiger partial charge in [-0.15, -0.1) is 0 Å². The zero-order chi connectivity index (χ0) is 18.2. The number of nitrogens with one attached hydrogen (secondary N) is 1. The molecule has 8 heteroatoms. The van der Waals surface area contributed by atoms with Crippen LogP contribution in [0.15, 0.2) is 28.8 Å². The van der Waals surface area contributed by atoms with E-state index in [0.717, 1.165) is 5.56 Å². The summed E-state index contributed by atoms with van der Waals surface area (Å²) in [6.45, 7) is 1.87. The van der Waals surface area contributed by atoms with Crippen LogP contribution in [0.25, 0.3) is 11.4 Å². The second kappa shape index (κ2) is 9.17. The minimum Gasteiger partial charge on any atom is -0.480 e. The molecule has 0 saturated carbocycles. The molecular weight excluding hydrogens is 346 g/mol. The van der Waals surface area contributed by atoms with Gasteiger partial charge in [-0.1, -0.05) is 30.1 Å². The molecule has 2 aromatic rings. The molecule has 0 saturated heterocycles. The van der Waals surface area contributed by atoms with Crippen LogP contribution in [0.5, 0.6) is 0 Å². The summed E-state index contributed by atoms with van der Waals surface area (Å²) < 4.78 is 5.17. The topological polar surface area (TPSA) is 105 Å². The first-order valence-corrected chi connectivity index (χ1v) is 8.48. The van der Waals surface area contributed by atoms with Gasteiger partial charge < -0.3 is 14.9 Å². The molecule has 25 heavy (non-hydrogen) atoms. The smallest absolute Gasteiger partial charge is 0.326 e. The van der Waals surface area contributed by atoms with E-state index < -0.39 is 12.0 Å². The number of aryl methyl sites for hydroxylation is 1. The Morgan fingerprint density at radius 3 is 2.68 bits per heavy atom. The number of rotatable bonds is 9. The number of carboxylic acid groups (broad SMARTS) is 1. The summed E-state index contributed by atoms with van der Waals surface area (Å²) in [7, 11) is 0. The van der Waals surface area contributed by atoms with Crippen molar-refractivity contribution in [3.63, 3.8) is 0 Å². The van der Waals surface area contributed by atoms with E-state index >= 15 is 0 Å². The molecule has 1 heterocycles. The summed E-state index contributed by atoms with van der Waals surface area (Å²) in [4.78, 5) is 27.1. The molecule has 134 valence electrons. The van der Waals surface area contributed by atoms with Gasteiger partial charge in [-0.2, -0.15) is 4.98 Å². The molecule has 1 unspecified atom stereocenters. The molecule has 0 spiro atoms. The third-order valence-corrected chi connectivity index (χ3v) is 3.83. The second-order valence-corrected chi connectivity index (χ2v) is 6.06. The monoisotopic (exact) mass is 365 g/mol. The minimum absolute atomic E-state index is 0.201. The maximum atomic E-state index is 11.8. The normalized spacial score (nSPS) is 11.9. The van der Waals surface area contributed by atoms with Crippen molar-refractivity contribution in [2.45, 2.75) is 45.1 Å². The molecule has 1 aromatic carbocycles. The van der Waals surface area contributed by atoms with Gasteiger partial charge in [-0.05, 0) is 37.1 Å². The maximum Gasteiger partial charge on any atom is 0.326 e. The van der Waals surface area contributed by atoms with Crippen molar-refractivity contribution in [2.75, 3.05) is 0 Å². The first-order valence-electron chi connectivity index (χ1n) is 8.10. The van der Waals surface area contributed by atoms with Crippen molar-refractivity contribution in [1.29, 1.82) is 0 Å². The standard InChI is InChI=1S/C17H20ClN3O4/c1-2-4-13(17(23)24)19-14(22)5-3-6-15-20-16(21-25-15)11-7-9-12(18)10-8-11/h7-10,13H,2-6H2,1H3,(H,19,22)(H,23,24). The zero-order valence-electron chi connectivity index (χ0n) is 13.9. The molecule has 0 radical (unpaired) electrons. The molecule has 0 bridgehead atoms. The number of hydrogen-bond acceptors (Lipinski definition) is 5. The highest BCUT2D eigenvalue weighted by atomic mass is 35.5. The van der Waals surface area contributed by atoms with Crippen molar-refractivity contribution in [3.8, 4) is 11.4 Å². The van der Waals surface area contributed by atoms with Crippen molar-refractivity contribution >= 4 is 23.5 Å². The van der Waals surface area contributed by atoms with E-state index in [1.54, 1.807) is 24.3 Å². The fraction of sp³-hybridized carbons (Fsp3) is 0.412. The van der Waals surface area contributed by atoms with Crippen LogP contribution in [0.3, 0.4) is 0 Å². The molecule has 0 fully saturated rings. The summed E-state index contributed by atoms with van der Waals surface area (Å²) in [5, 5.41) is 16.1. The fourth-order valence-corrected chi connectivity index (χ4v) is 2.41. The third kappa shape index (κ3) is 5.86. The number of nitrogens with zero attached hydrogens (tertiary/aromatic N) is 2. The number of halogens is 1. The van der Waals surface area contributed by atoms with Gasteiger partial charge in [0.15, 0.2) is 0 Å². The number of carbonyl (C=O) groups excluding carboxylic acids is 1. The molecule has 2 rings (SSSR count). The van der Waals surface area contributed by atoms with Crippen LogP contribution in [-0.4, -0.2) is 33.2 Å². The molecule has 2 N–H and O–H groups in total. The summed E-state index contributed by atoms with van der Waals surface area (Å²) in [5.74, 6) is -0.413. The molecule has 1 aromatic heterocycles. The number of hydrogen-bond donors (Lipinski definition) is 2. The van der Waals surface area contributed by atoms with Crippen molar-refractivity contribution < 1.29 is 19.2 Å². The minimum atomic E-state index is -1.01. The quantitative estimate of drug-likeness (QED) is 0.707. The lowest BCUT2D eigenvalue weighted by Gasteiger charge is -2.13. The average Bonchev–Trinajstić information content (AvgIpc) is 3.04. The zero-order valence-corrected chi connectivity index (χ0v) is 14.6. The van der Waals surface area contributed by atoms with Gasteiger partial charge in [0.25, 0.3) is 0 Å². The van der Waals surface area contributed by atoms with Crippen molar-refractivity contribution in [3.05, 3.63) is 35.2 Å². The van der Waals surface area contributed by atoms with E-state index in [9.17, 15) is 9.59 Å². The van der Waals surface area contributed by atoms with Gasteiger partial charge in [0, 0.05) is 23.4 Å². The van der Waals surface area contributed by atoms with Crippen LogP contribution in [0.2, 0.25) is 5.02 Å². The molecule has 0 aliphatic rings. The molecule has 7 nitrogen and oxygen atoms in total. The average molecular weight is 366 g/mol. The summed E-state index contributed by atoms with van der Waals surface area (Å²) in [6, 6.07) is 6.24. The summed E-state index contributed by atoms with van der Waals surface area (Å²) in [6.07, 6.45) is 2.24. The Morgan fingerprint density at radius 2 is 2.04 bits per heavy atom. The number of carboxylic acids is 1. The van der Waals surface area contributed by atoms with Gasteiger partial charge in [0.05, 0.1) is 0 Å². The van der Waals surface area contributed by atoms with Crippen LogP contribution in [0.1, 0.15) is 38.5 Å². The Bertz CT molecular complexity index is 715. The number of aliphatic carboxylic acids is 1. The van der Waals surface area contributed by atoms with Gasteiger partial charge in [0.1, 0.15) is 6.04 Å². The Balaban J connectivity index is 1.81. The fourth-order valence-electron chi connectivity index (χ4n) is 2.29. The second-order valence-electron chi connectivity index (χ2n) is 5.62. The highest BCUT2D eigenvalue weighted by Gasteiger charge is 2.18. The number of aromatic nitrogens is 2. The van der Waals surface area contributed by atoms with Crippen LogP contribution < -0.4 is 5.32 Å². The largest absolute Gasteiger partial charge is 0.480 e. The SMILES string of the molecule is CCCC(NC(=O)CCCc1nc(-c2ccc(Cl)cc2)no1)C(=O)O. The lowest BCUT2D eigenvalue weighted by atomic mass is 10.1. The Kier molecular flexibility index (Phi) is 6.94. The molecule has 1 atom stereocenters. The predicted molar refractivity (Wildman–Crippen MR) is 92.2 cm³/mol. The lowest BCUT2D eigenvalue weighted by Crippen LogP contribution is -2.40. The Labute approximate surface area is 150 Å². The first-order chi connectivity index (χ1) is 12.0. The van der Waals surface area contributed by atoms with Crippen LogP contribution >= 0.6 is 11.6 Å². The third-order valence-electron chi connectivity index (χ3n) is 3.58. The Morgan fingerprint density at radius 1 is 1.32 bits per heavy atom. The Hall–Kier alpha value is -2.41. The van der Waals surface area contributed by atoms with E-state index in [1.807, 2.05) is 6.92 Å². The number of amides is 1. The van der Waals surface area contributed by atoms with Crippen LogP contribution in [0, 0.1) is 0 Å². The highest BCUT2D eigenvalue weighted by molar-refractivity contribution is 6.30. The lowest BCUT2D eigenvalue weighted by molar-refractivity contribution is -0.142. The molecule has 0 aliphatic heterocycles. The van der Waals surface area contributed by atoms with Gasteiger partial charge in [0.2, 0.25) is 17.6 Å². The highest BCUT2D eigenvalue weighted by Crippen LogP contribution is 2.19. The number of benzene rings is 1. The first kappa shape index (κ1) is 18.9. The van der Waals surface area contributed by atoms with Gasteiger partial charge >= 0.3 is 5.97 Å². The molecule has 0 aliphatic carbocycles. The maximum absolute atomic E-state index is 11.8. The summed E-state index contributed by atoms with van der Waals surface area (Å²) >= 11 is 5.84. The van der Waals surface area contributed by atoms with Gasteiger partial charge in [-0.25, -0.2) is 4.79 Å². The predicted octanol–water partition coefficient (Wildman–Crippen LogP) is 3.08. The number of carbonyl (C=O) groups is 2. The van der Waals surface area contributed by atoms with Gasteiger partial charge in [-0.3, -0.25) is 4.79 Å². The van der Waals surface area contributed by atoms with E-state index in [-0.39, 0.29) is 12.3 Å². The van der Waals surface area contributed by atoms with E-state index in [0.29, 0.717) is 42.4 Å². The van der Waals surface area contributed by atoms with Crippen LogP contribution in [0.4, 0.5) is 0 Å². The van der Waals surface area contributed by atoms with Crippen molar-refractivity contribution in [1.82, 2.24) is 15.5 Å². The molecular formula is C17H20ClN3O4.